The standard InChI is InChI=1S/C28H35NO/c1-15-11-12-27(5)16(2)9-10-21-28(27)13-20(30-21)25-23(24(15)28)17-14-29-19-8-6-7-18(22(17)19)26(25,3)4/h6-8,14-16,20-21,24,29H,9-13H2,1-5H3. The molecule has 1 N–H and O–H groups in total. The van der Waals surface area contributed by atoms with Crippen LogP contribution in [0.3, 0.4) is 0 Å². The van der Waals surface area contributed by atoms with Crippen molar-refractivity contribution in [3.63, 3.8) is 0 Å². The number of aromatic nitrogens is 1. The Balaban J connectivity index is 1.58. The van der Waals surface area contributed by atoms with E-state index in [0.29, 0.717) is 29.0 Å². The van der Waals surface area contributed by atoms with Gasteiger partial charge in [-0.2, -0.15) is 0 Å². The van der Waals surface area contributed by atoms with Crippen LogP contribution in [-0.2, 0) is 10.2 Å². The van der Waals surface area contributed by atoms with Crippen LogP contribution < -0.4 is 0 Å². The smallest absolute Gasteiger partial charge is 0.0810 e. The SMILES string of the molecule is CC1CCC2(C)C(C)CCC3OC4CC32C1C1=C4C(C)(C)c2cccc3[nH]cc1c23. The Labute approximate surface area is 180 Å². The highest BCUT2D eigenvalue weighted by molar-refractivity contribution is 6.01. The first kappa shape index (κ1) is 18.1. The largest absolute Gasteiger partial charge is 0.370 e. The highest BCUT2D eigenvalue weighted by atomic mass is 16.5. The fourth-order valence-electron chi connectivity index (χ4n) is 9.44. The number of H-pyrrole nitrogens is 1. The van der Waals surface area contributed by atoms with E-state index >= 15 is 0 Å². The van der Waals surface area contributed by atoms with Gasteiger partial charge >= 0.3 is 0 Å². The molecular formula is C28H35NO. The first-order chi connectivity index (χ1) is 14.3. The average Bonchev–Trinajstić information content (AvgIpc) is 3.28. The molecule has 0 radical (unpaired) electrons. The number of allylic oxidation sites excluding steroid dienone is 1. The van der Waals surface area contributed by atoms with Crippen molar-refractivity contribution in [3.05, 3.63) is 41.1 Å². The third kappa shape index (κ3) is 1.70. The Morgan fingerprint density at radius 2 is 1.90 bits per heavy atom. The maximum Gasteiger partial charge on any atom is 0.0810 e. The first-order valence-corrected chi connectivity index (χ1v) is 12.3. The Kier molecular flexibility index (Phi) is 3.17. The zero-order valence-corrected chi connectivity index (χ0v) is 19.1. The Bertz CT molecular complexity index is 1120. The lowest BCUT2D eigenvalue weighted by Gasteiger charge is -2.65. The molecule has 7 unspecified atom stereocenters. The molecule has 4 aliphatic carbocycles. The average molecular weight is 402 g/mol. The van der Waals surface area contributed by atoms with Crippen LogP contribution in [0.2, 0.25) is 0 Å². The van der Waals surface area contributed by atoms with Gasteiger partial charge in [0, 0.05) is 33.5 Å². The summed E-state index contributed by atoms with van der Waals surface area (Å²) >= 11 is 0. The number of nitrogens with one attached hydrogen (secondary N) is 1. The number of aromatic amines is 1. The summed E-state index contributed by atoms with van der Waals surface area (Å²) in [5.41, 5.74) is 8.36. The van der Waals surface area contributed by atoms with Crippen LogP contribution in [0.15, 0.2) is 30.0 Å². The number of fused-ring (bicyclic) bond motifs is 4. The second-order valence-corrected chi connectivity index (χ2v) is 12.1. The van der Waals surface area contributed by atoms with E-state index in [9.17, 15) is 0 Å². The predicted octanol–water partition coefficient (Wildman–Crippen LogP) is 6.85. The predicted molar refractivity (Wildman–Crippen MR) is 122 cm³/mol. The van der Waals surface area contributed by atoms with Crippen LogP contribution in [0.1, 0.15) is 77.8 Å². The summed E-state index contributed by atoms with van der Waals surface area (Å²) < 4.78 is 7.10. The van der Waals surface area contributed by atoms with Gasteiger partial charge in [0.2, 0.25) is 0 Å². The molecule has 1 spiro atoms. The second-order valence-electron chi connectivity index (χ2n) is 12.1. The van der Waals surface area contributed by atoms with Gasteiger partial charge in [0.1, 0.15) is 0 Å². The molecule has 1 aliphatic heterocycles. The van der Waals surface area contributed by atoms with Crippen LogP contribution in [0.5, 0.6) is 0 Å². The molecule has 0 amide bonds. The molecule has 1 saturated heterocycles. The van der Waals surface area contributed by atoms with Gasteiger partial charge in [-0.1, -0.05) is 46.8 Å². The second kappa shape index (κ2) is 5.26. The minimum Gasteiger partial charge on any atom is -0.370 e. The van der Waals surface area contributed by atoms with Gasteiger partial charge < -0.3 is 9.72 Å². The van der Waals surface area contributed by atoms with E-state index in [0.717, 1.165) is 11.8 Å². The van der Waals surface area contributed by atoms with E-state index in [1.165, 1.54) is 54.1 Å². The molecule has 2 aromatic rings. The molecule has 2 nitrogen and oxygen atoms in total. The van der Waals surface area contributed by atoms with Gasteiger partial charge in [-0.15, -0.1) is 0 Å². The van der Waals surface area contributed by atoms with Gasteiger partial charge in [0.05, 0.1) is 12.2 Å². The Morgan fingerprint density at radius 3 is 2.73 bits per heavy atom. The molecule has 7 rings (SSSR count). The molecule has 2 bridgehead atoms. The van der Waals surface area contributed by atoms with Crippen molar-refractivity contribution in [2.45, 2.75) is 84.3 Å². The minimum atomic E-state index is 0.0307. The number of ether oxygens (including phenoxy) is 1. The summed E-state index contributed by atoms with van der Waals surface area (Å²) in [5, 5.41) is 1.49. The summed E-state index contributed by atoms with van der Waals surface area (Å²) in [6.07, 6.45) is 9.65. The van der Waals surface area contributed by atoms with Gasteiger partial charge in [0.15, 0.2) is 0 Å². The van der Waals surface area contributed by atoms with E-state index in [1.807, 2.05) is 0 Å². The zero-order chi connectivity index (χ0) is 20.6. The molecule has 2 saturated carbocycles. The highest BCUT2D eigenvalue weighted by Gasteiger charge is 2.71. The van der Waals surface area contributed by atoms with E-state index in [2.05, 4.69) is 64.0 Å². The number of rotatable bonds is 0. The van der Waals surface area contributed by atoms with Crippen LogP contribution >= 0.6 is 0 Å². The maximum absolute atomic E-state index is 7.10. The quantitative estimate of drug-likeness (QED) is 0.513. The fraction of sp³-hybridized carbons (Fsp3) is 0.643. The number of benzene rings is 1. The van der Waals surface area contributed by atoms with E-state index in [-0.39, 0.29) is 5.41 Å². The van der Waals surface area contributed by atoms with E-state index < -0.39 is 0 Å². The molecule has 158 valence electrons. The number of hydrogen-bond donors (Lipinski definition) is 1. The first-order valence-electron chi connectivity index (χ1n) is 12.3. The van der Waals surface area contributed by atoms with Gasteiger partial charge in [-0.25, -0.2) is 0 Å². The summed E-state index contributed by atoms with van der Waals surface area (Å²) in [6, 6.07) is 6.86. The van der Waals surface area contributed by atoms with Crippen molar-refractivity contribution in [2.24, 2.45) is 28.6 Å². The van der Waals surface area contributed by atoms with Crippen LogP contribution in [0.4, 0.5) is 0 Å². The van der Waals surface area contributed by atoms with Gasteiger partial charge in [-0.05, 0) is 78.0 Å². The van der Waals surface area contributed by atoms with E-state index in [4.69, 9.17) is 4.74 Å². The normalized spacial score (nSPS) is 45.4. The van der Waals surface area contributed by atoms with Crippen molar-refractivity contribution < 1.29 is 4.74 Å². The summed E-state index contributed by atoms with van der Waals surface area (Å²) in [6.45, 7) is 12.7. The van der Waals surface area contributed by atoms with Crippen molar-refractivity contribution >= 4 is 16.5 Å². The molecule has 5 aliphatic rings. The van der Waals surface area contributed by atoms with Gasteiger partial charge in [-0.3, -0.25) is 0 Å². The summed E-state index contributed by atoms with van der Waals surface area (Å²) in [5.74, 6) is 2.15. The number of hydrogen-bond acceptors (Lipinski definition) is 1. The molecule has 2 heteroatoms. The lowest BCUT2D eigenvalue weighted by Crippen LogP contribution is -2.61. The van der Waals surface area contributed by atoms with Crippen molar-refractivity contribution in [3.8, 4) is 0 Å². The monoisotopic (exact) mass is 401 g/mol. The Hall–Kier alpha value is -1.54. The molecule has 1 aromatic heterocycles. The van der Waals surface area contributed by atoms with E-state index in [1.54, 1.807) is 11.1 Å². The molecule has 2 heterocycles. The minimum absolute atomic E-state index is 0.0307. The zero-order valence-electron chi connectivity index (χ0n) is 19.1. The van der Waals surface area contributed by atoms with Crippen molar-refractivity contribution in [1.29, 1.82) is 0 Å². The van der Waals surface area contributed by atoms with Crippen molar-refractivity contribution in [2.75, 3.05) is 0 Å². The summed E-state index contributed by atoms with van der Waals surface area (Å²) in [7, 11) is 0. The van der Waals surface area contributed by atoms with Crippen LogP contribution in [-0.4, -0.2) is 17.2 Å². The van der Waals surface area contributed by atoms with Crippen LogP contribution in [0, 0.1) is 28.6 Å². The van der Waals surface area contributed by atoms with Crippen molar-refractivity contribution in [1.82, 2.24) is 4.98 Å². The third-order valence-corrected chi connectivity index (χ3v) is 10.9. The third-order valence-electron chi connectivity index (χ3n) is 10.9. The lowest BCUT2D eigenvalue weighted by atomic mass is 9.37. The molecule has 3 fully saturated rings. The lowest BCUT2D eigenvalue weighted by molar-refractivity contribution is -0.158. The van der Waals surface area contributed by atoms with Gasteiger partial charge in [0.25, 0.3) is 0 Å². The fourth-order valence-corrected chi connectivity index (χ4v) is 9.44. The Morgan fingerprint density at radius 1 is 1.07 bits per heavy atom. The molecular weight excluding hydrogens is 366 g/mol. The molecule has 30 heavy (non-hydrogen) atoms. The topological polar surface area (TPSA) is 25.0 Å². The summed E-state index contributed by atoms with van der Waals surface area (Å²) in [4.78, 5) is 3.64. The van der Waals surface area contributed by atoms with Crippen LogP contribution in [0.25, 0.3) is 16.5 Å². The highest BCUT2D eigenvalue weighted by Crippen LogP contribution is 2.75. The maximum atomic E-state index is 7.10. The molecule has 1 aromatic carbocycles. The molecule has 7 atom stereocenters.